The predicted molar refractivity (Wildman–Crippen MR) is 110 cm³/mol. The highest BCUT2D eigenvalue weighted by Gasteiger charge is 2.41. The van der Waals surface area contributed by atoms with E-state index in [-0.39, 0.29) is 24.4 Å². The molecule has 0 aliphatic rings. The van der Waals surface area contributed by atoms with Gasteiger partial charge in [-0.05, 0) is 29.3 Å². The first-order valence-electron chi connectivity index (χ1n) is 8.99. The molecule has 13 heteroatoms. The van der Waals surface area contributed by atoms with Gasteiger partial charge in [0.05, 0.1) is 11.8 Å². The Kier molecular flexibility index (Phi) is 8.30. The van der Waals surface area contributed by atoms with E-state index in [2.05, 4.69) is 15.4 Å². The maximum atomic E-state index is 12.4. The number of ketones is 1. The summed E-state index contributed by atoms with van der Waals surface area (Å²) in [6, 6.07) is 3.23. The van der Waals surface area contributed by atoms with E-state index < -0.39 is 39.4 Å². The highest BCUT2D eigenvalue weighted by Crippen LogP contribution is 2.25. The minimum Gasteiger partial charge on any atom is -0.480 e. The van der Waals surface area contributed by atoms with Crippen LogP contribution in [0.2, 0.25) is 10.0 Å². The van der Waals surface area contributed by atoms with Crippen LogP contribution in [-0.2, 0) is 32.4 Å². The maximum absolute atomic E-state index is 12.4. The molecule has 0 spiro atoms. The number of sulfone groups is 1. The number of carboxylic acid groups (broad SMARTS) is 1. The molecule has 1 heterocycles. The second-order valence-electron chi connectivity index (χ2n) is 6.58. The molecule has 0 aliphatic carbocycles. The summed E-state index contributed by atoms with van der Waals surface area (Å²) in [4.78, 5) is 24.8. The van der Waals surface area contributed by atoms with Gasteiger partial charge in [-0.2, -0.15) is 4.80 Å². The molecule has 2 rings (SSSR count). The fourth-order valence-corrected chi connectivity index (χ4v) is 5.07. The number of Topliss-reactive ketones (excluding diaryl/α,β-unsaturated/α-hetero) is 1. The zero-order valence-corrected chi connectivity index (χ0v) is 18.4. The van der Waals surface area contributed by atoms with Gasteiger partial charge in [-0.1, -0.05) is 42.6 Å². The standard InChI is InChI=1S/C17H21Cl2N5O5S/c1-2-3-7-30(28,29)16(17(26)27)15(20)13(25)9-24-22-14(21-23-24)8-10-11(18)5-4-6-12(10)19/h4-6,15-16H,2-3,7-9,20H2,1H3,(H,26,27). The van der Waals surface area contributed by atoms with Gasteiger partial charge in [-0.3, -0.25) is 9.59 Å². The zero-order valence-electron chi connectivity index (χ0n) is 16.0. The van der Waals surface area contributed by atoms with Crippen LogP contribution in [0, 0.1) is 0 Å². The number of halogens is 2. The fourth-order valence-electron chi connectivity index (χ4n) is 2.69. The first-order chi connectivity index (χ1) is 14.1. The zero-order chi connectivity index (χ0) is 22.5. The first-order valence-corrected chi connectivity index (χ1v) is 11.5. The third-order valence-electron chi connectivity index (χ3n) is 4.30. The number of benzene rings is 1. The van der Waals surface area contributed by atoms with Gasteiger partial charge < -0.3 is 10.8 Å². The molecular formula is C17H21Cl2N5O5S. The highest BCUT2D eigenvalue weighted by molar-refractivity contribution is 7.92. The number of carboxylic acids is 1. The summed E-state index contributed by atoms with van der Waals surface area (Å²) in [5, 5.41) is 19.7. The lowest BCUT2D eigenvalue weighted by Crippen LogP contribution is -2.52. The molecule has 2 unspecified atom stereocenters. The van der Waals surface area contributed by atoms with E-state index in [1.165, 1.54) is 0 Å². The lowest BCUT2D eigenvalue weighted by Gasteiger charge is -2.19. The normalized spacial score (nSPS) is 13.7. The molecule has 2 atom stereocenters. The molecule has 0 amide bonds. The summed E-state index contributed by atoms with van der Waals surface area (Å²) < 4.78 is 24.6. The van der Waals surface area contributed by atoms with Crippen LogP contribution in [0.15, 0.2) is 18.2 Å². The van der Waals surface area contributed by atoms with E-state index in [0.29, 0.717) is 22.0 Å². The van der Waals surface area contributed by atoms with Gasteiger partial charge in [-0.25, -0.2) is 8.42 Å². The summed E-state index contributed by atoms with van der Waals surface area (Å²) in [5.41, 5.74) is 6.28. The molecule has 0 fully saturated rings. The van der Waals surface area contributed by atoms with Gasteiger partial charge in [0.2, 0.25) is 0 Å². The number of carbonyl (C=O) groups excluding carboxylic acids is 1. The topological polar surface area (TPSA) is 158 Å². The number of nitrogens with two attached hydrogens (primary N) is 1. The van der Waals surface area contributed by atoms with E-state index in [4.69, 9.17) is 28.9 Å². The average Bonchev–Trinajstić information content (AvgIpc) is 3.09. The smallest absolute Gasteiger partial charge is 0.323 e. The van der Waals surface area contributed by atoms with Gasteiger partial charge in [0.25, 0.3) is 0 Å². The van der Waals surface area contributed by atoms with Gasteiger partial charge in [0, 0.05) is 16.5 Å². The van der Waals surface area contributed by atoms with E-state index in [1.54, 1.807) is 25.1 Å². The molecule has 1 aromatic carbocycles. The summed E-state index contributed by atoms with van der Waals surface area (Å²) in [6.45, 7) is 1.23. The molecule has 0 saturated heterocycles. The van der Waals surface area contributed by atoms with Crippen molar-refractivity contribution in [3.05, 3.63) is 39.6 Å². The average molecular weight is 478 g/mol. The Morgan fingerprint density at radius 2 is 1.90 bits per heavy atom. The molecular weight excluding hydrogens is 457 g/mol. The van der Waals surface area contributed by atoms with Crippen molar-refractivity contribution in [2.45, 2.75) is 44.0 Å². The molecule has 0 radical (unpaired) electrons. The number of aromatic nitrogens is 4. The molecule has 0 saturated carbocycles. The van der Waals surface area contributed by atoms with Gasteiger partial charge in [0.15, 0.2) is 26.7 Å². The molecule has 30 heavy (non-hydrogen) atoms. The molecule has 164 valence electrons. The third kappa shape index (κ3) is 5.97. The lowest BCUT2D eigenvalue weighted by molar-refractivity contribution is -0.138. The Morgan fingerprint density at radius 1 is 1.27 bits per heavy atom. The number of hydrogen-bond acceptors (Lipinski definition) is 8. The van der Waals surface area contributed by atoms with Crippen molar-refractivity contribution in [3.63, 3.8) is 0 Å². The minimum absolute atomic E-state index is 0.155. The van der Waals surface area contributed by atoms with Crippen molar-refractivity contribution in [2.75, 3.05) is 5.75 Å². The van der Waals surface area contributed by atoms with Crippen LogP contribution in [0.25, 0.3) is 0 Å². The van der Waals surface area contributed by atoms with Crippen LogP contribution in [-0.4, -0.2) is 62.5 Å². The summed E-state index contributed by atoms with van der Waals surface area (Å²) in [7, 11) is -4.11. The number of unbranched alkanes of at least 4 members (excludes halogenated alkanes) is 1. The number of hydrogen-bond donors (Lipinski definition) is 2. The second kappa shape index (κ2) is 10.3. The number of aliphatic carboxylic acids is 1. The predicted octanol–water partition coefficient (Wildman–Crippen LogP) is 1.14. The van der Waals surface area contributed by atoms with Crippen LogP contribution in [0.1, 0.15) is 31.2 Å². The van der Waals surface area contributed by atoms with Crippen LogP contribution in [0.4, 0.5) is 0 Å². The fraction of sp³-hybridized carbons (Fsp3) is 0.471. The van der Waals surface area contributed by atoms with Crippen LogP contribution < -0.4 is 5.73 Å². The Labute approximate surface area is 183 Å². The Bertz CT molecular complexity index is 1010. The van der Waals surface area contributed by atoms with Gasteiger partial charge in [0.1, 0.15) is 6.54 Å². The molecule has 2 aromatic rings. The molecule has 0 aliphatic heterocycles. The minimum atomic E-state index is -4.11. The molecule has 10 nitrogen and oxygen atoms in total. The van der Waals surface area contributed by atoms with E-state index in [1.807, 2.05) is 0 Å². The third-order valence-corrected chi connectivity index (χ3v) is 7.13. The van der Waals surface area contributed by atoms with Crippen LogP contribution >= 0.6 is 23.2 Å². The maximum Gasteiger partial charge on any atom is 0.323 e. The SMILES string of the molecule is CCCCS(=O)(=O)C(C(=O)O)C(N)C(=O)Cn1nnc(Cc2c(Cl)cccc2Cl)n1. The molecule has 1 aromatic heterocycles. The van der Waals surface area contributed by atoms with E-state index in [0.717, 1.165) is 4.80 Å². The van der Waals surface area contributed by atoms with Crippen LogP contribution in [0.5, 0.6) is 0 Å². The van der Waals surface area contributed by atoms with Crippen molar-refractivity contribution in [3.8, 4) is 0 Å². The summed E-state index contributed by atoms with van der Waals surface area (Å²) in [5.74, 6) is -2.67. The van der Waals surface area contributed by atoms with Gasteiger partial charge in [-0.15, -0.1) is 10.2 Å². The Morgan fingerprint density at radius 3 is 2.47 bits per heavy atom. The lowest BCUT2D eigenvalue weighted by atomic mass is 10.1. The van der Waals surface area contributed by atoms with Crippen molar-refractivity contribution >= 4 is 44.8 Å². The van der Waals surface area contributed by atoms with Crippen molar-refractivity contribution < 1.29 is 23.1 Å². The highest BCUT2D eigenvalue weighted by atomic mass is 35.5. The van der Waals surface area contributed by atoms with Gasteiger partial charge >= 0.3 is 5.97 Å². The van der Waals surface area contributed by atoms with Crippen LogP contribution in [0.3, 0.4) is 0 Å². The van der Waals surface area contributed by atoms with E-state index in [9.17, 15) is 23.1 Å². The molecule has 0 bridgehead atoms. The first kappa shape index (κ1) is 24.2. The molecule has 3 N–H and O–H groups in total. The quantitative estimate of drug-likeness (QED) is 0.483. The van der Waals surface area contributed by atoms with Crippen molar-refractivity contribution in [1.82, 2.24) is 20.2 Å². The Balaban J connectivity index is 2.12. The summed E-state index contributed by atoms with van der Waals surface area (Å²) >= 11 is 12.2. The monoisotopic (exact) mass is 477 g/mol. The number of tetrazole rings is 1. The van der Waals surface area contributed by atoms with Crippen molar-refractivity contribution in [1.29, 1.82) is 0 Å². The number of nitrogens with zero attached hydrogens (tertiary/aromatic N) is 4. The largest absolute Gasteiger partial charge is 0.480 e. The summed E-state index contributed by atoms with van der Waals surface area (Å²) in [6.07, 6.45) is 0.976. The number of carbonyl (C=O) groups is 2. The Hall–Kier alpha value is -2.08. The van der Waals surface area contributed by atoms with Crippen molar-refractivity contribution in [2.24, 2.45) is 5.73 Å². The number of rotatable bonds is 11. The van der Waals surface area contributed by atoms with E-state index >= 15 is 0 Å². The second-order valence-corrected chi connectivity index (χ2v) is 9.64.